The first-order valence-electron chi connectivity index (χ1n) is 8.78. The van der Waals surface area contributed by atoms with Gasteiger partial charge in [-0.1, -0.05) is 54.2 Å². The molecule has 0 radical (unpaired) electrons. The molecule has 0 heterocycles. The third kappa shape index (κ3) is 3.76. The maximum atomic E-state index is 14.1. The quantitative estimate of drug-likeness (QED) is 0.458. The lowest BCUT2D eigenvalue weighted by Gasteiger charge is -2.31. The number of rotatable bonds is 5. The predicted molar refractivity (Wildman–Crippen MR) is 112 cm³/mol. The number of allylic oxidation sites excluding steroid dienone is 1. The second-order valence-corrected chi connectivity index (χ2v) is 10.2. The second kappa shape index (κ2) is 8.01. The van der Waals surface area contributed by atoms with E-state index in [1.165, 1.54) is 11.8 Å². The van der Waals surface area contributed by atoms with Gasteiger partial charge in [0, 0.05) is 9.79 Å². The molecule has 0 fully saturated rings. The first-order chi connectivity index (χ1) is 12.5. The van der Waals surface area contributed by atoms with Gasteiger partial charge in [0.2, 0.25) is 0 Å². The highest BCUT2D eigenvalue weighted by atomic mass is 32.2. The summed E-state index contributed by atoms with van der Waals surface area (Å²) in [5.74, 6) is 0. The largest absolute Gasteiger partial charge is 0.380 e. The number of aliphatic hydroxyl groups is 1. The van der Waals surface area contributed by atoms with Crippen molar-refractivity contribution in [2.75, 3.05) is 7.05 Å². The molecule has 2 unspecified atom stereocenters. The molecule has 1 aliphatic rings. The van der Waals surface area contributed by atoms with Crippen molar-refractivity contribution in [1.82, 2.24) is 4.72 Å². The topological polar surface area (TPSA) is 49.3 Å². The summed E-state index contributed by atoms with van der Waals surface area (Å²) in [7, 11) is -1.11. The highest BCUT2D eigenvalue weighted by Gasteiger charge is 2.37. The van der Waals surface area contributed by atoms with Gasteiger partial charge in [-0.3, -0.25) is 0 Å². The maximum Gasteiger partial charge on any atom is 0.123 e. The summed E-state index contributed by atoms with van der Waals surface area (Å²) in [4.78, 5) is 1.64. The summed E-state index contributed by atoms with van der Waals surface area (Å²) in [6.45, 7) is 1.77. The predicted octanol–water partition coefficient (Wildman–Crippen LogP) is 4.25. The molecule has 0 spiro atoms. The van der Waals surface area contributed by atoms with Gasteiger partial charge in [0.25, 0.3) is 0 Å². The van der Waals surface area contributed by atoms with Crippen LogP contribution in [0.25, 0.3) is 0 Å². The Hall–Kier alpha value is -1.53. The molecule has 0 saturated carbocycles. The fourth-order valence-electron chi connectivity index (χ4n) is 3.21. The van der Waals surface area contributed by atoms with Crippen LogP contribution in [0.1, 0.15) is 26.2 Å². The van der Waals surface area contributed by atoms with Crippen molar-refractivity contribution in [3.05, 3.63) is 72.3 Å². The Kier molecular flexibility index (Phi) is 5.92. The van der Waals surface area contributed by atoms with Gasteiger partial charge < -0.3 is 5.11 Å². The summed E-state index contributed by atoms with van der Waals surface area (Å²) in [6, 6.07) is 19.2. The van der Waals surface area contributed by atoms with Gasteiger partial charge in [-0.15, -0.1) is 0 Å². The van der Waals surface area contributed by atoms with E-state index in [0.29, 0.717) is 9.09 Å². The van der Waals surface area contributed by atoms with Crippen LogP contribution < -0.4 is 4.72 Å². The van der Waals surface area contributed by atoms with Crippen LogP contribution in [0.4, 0.5) is 0 Å². The molecule has 0 aromatic heterocycles. The molecule has 2 aromatic rings. The number of benzene rings is 2. The molecule has 2 N–H and O–H groups in total. The van der Waals surface area contributed by atoms with E-state index in [2.05, 4.69) is 10.8 Å². The molecule has 0 bridgehead atoms. The van der Waals surface area contributed by atoms with Crippen molar-refractivity contribution in [2.24, 2.45) is 0 Å². The molecule has 0 amide bonds. The molecule has 0 aliphatic heterocycles. The minimum absolute atomic E-state index is 0.540. The van der Waals surface area contributed by atoms with Gasteiger partial charge in [0.15, 0.2) is 0 Å². The van der Waals surface area contributed by atoms with Crippen LogP contribution in [-0.2, 0) is 9.71 Å². The Balaban J connectivity index is 2.24. The fourth-order valence-corrected chi connectivity index (χ4v) is 7.21. The second-order valence-electron chi connectivity index (χ2n) is 6.47. The number of nitrogens with one attached hydrogen (secondary N) is 1. The van der Waals surface area contributed by atoms with E-state index in [4.69, 9.17) is 0 Å². The minimum atomic E-state index is -2.80. The summed E-state index contributed by atoms with van der Waals surface area (Å²) >= 11 is 1.40. The van der Waals surface area contributed by atoms with Crippen molar-refractivity contribution in [2.45, 2.75) is 41.6 Å². The third-order valence-corrected chi connectivity index (χ3v) is 9.12. The Bertz CT molecular complexity index is 896. The van der Waals surface area contributed by atoms with E-state index in [1.54, 1.807) is 14.0 Å². The van der Waals surface area contributed by atoms with Gasteiger partial charge >= 0.3 is 0 Å². The van der Waals surface area contributed by atoms with Crippen LogP contribution in [0.3, 0.4) is 0 Å². The van der Waals surface area contributed by atoms with Gasteiger partial charge in [-0.2, -0.15) is 0 Å². The molecule has 26 heavy (non-hydrogen) atoms. The number of thioether (sulfide) groups is 1. The average Bonchev–Trinajstić information content (AvgIpc) is 3.23. The van der Waals surface area contributed by atoms with Crippen molar-refractivity contribution in [1.29, 1.82) is 0 Å². The monoisotopic (exact) mass is 387 g/mol. The molecular formula is C21H25NO2S2. The molecule has 2 aromatic carbocycles. The van der Waals surface area contributed by atoms with Gasteiger partial charge in [-0.05, 0) is 63.1 Å². The van der Waals surface area contributed by atoms with E-state index in [-0.39, 0.29) is 0 Å². The van der Waals surface area contributed by atoms with Crippen LogP contribution >= 0.6 is 11.8 Å². The van der Waals surface area contributed by atoms with Gasteiger partial charge in [-0.25, -0.2) is 8.93 Å². The molecule has 0 saturated heterocycles. The average molecular weight is 388 g/mol. The zero-order valence-electron chi connectivity index (χ0n) is 15.1. The van der Waals surface area contributed by atoms with Crippen LogP contribution in [0.2, 0.25) is 0 Å². The molecule has 3 nitrogen and oxygen atoms in total. The summed E-state index contributed by atoms with van der Waals surface area (Å²) in [5.41, 5.74) is -0.303. The Labute approximate surface area is 160 Å². The highest BCUT2D eigenvalue weighted by Crippen LogP contribution is 2.37. The fraction of sp³-hybridized carbons (Fsp3) is 0.286. The van der Waals surface area contributed by atoms with Crippen LogP contribution in [0.15, 0.2) is 82.1 Å². The lowest BCUT2D eigenvalue weighted by molar-refractivity contribution is 0.174. The summed E-state index contributed by atoms with van der Waals surface area (Å²) in [5, 5.41) is 11.5. The van der Waals surface area contributed by atoms with E-state index in [1.807, 2.05) is 60.7 Å². The maximum absolute atomic E-state index is 14.1. The van der Waals surface area contributed by atoms with Crippen molar-refractivity contribution in [3.63, 3.8) is 0 Å². The van der Waals surface area contributed by atoms with Gasteiger partial charge in [0.1, 0.15) is 5.60 Å². The third-order valence-electron chi connectivity index (χ3n) is 4.64. The van der Waals surface area contributed by atoms with Crippen LogP contribution in [0.5, 0.6) is 0 Å². The first kappa shape index (κ1) is 19.2. The Morgan fingerprint density at radius 2 is 1.73 bits per heavy atom. The van der Waals surface area contributed by atoms with Crippen LogP contribution in [-0.4, -0.2) is 26.2 Å². The molecular weight excluding hydrogens is 362 g/mol. The SMILES string of the molecule is CNS(=O)(=C(Sc1ccccc1)C(C)(O)C1=CCCC1)c1ccccc1. The Morgan fingerprint density at radius 3 is 2.27 bits per heavy atom. The molecule has 138 valence electrons. The standard InChI is InChI=1S/C21H25NO2S2/c1-21(23,17-11-9-10-12-17)20(25-18-13-5-3-6-14-18)26(24,22-2)19-15-7-4-8-16-19/h3-8,11,13-16,23H,9-10,12H2,1-2H3,(H,22,24). The van der Waals surface area contributed by atoms with E-state index in [9.17, 15) is 9.32 Å². The van der Waals surface area contributed by atoms with E-state index in [0.717, 1.165) is 29.7 Å². The van der Waals surface area contributed by atoms with E-state index < -0.39 is 15.3 Å². The molecule has 2 atom stereocenters. The normalized spacial score (nSPS) is 18.7. The minimum Gasteiger partial charge on any atom is -0.380 e. The van der Waals surface area contributed by atoms with Gasteiger partial charge in [0.05, 0.1) is 13.9 Å². The molecule has 5 heteroatoms. The lowest BCUT2D eigenvalue weighted by Crippen LogP contribution is -2.42. The van der Waals surface area contributed by atoms with E-state index >= 15 is 0 Å². The molecule has 3 rings (SSSR count). The van der Waals surface area contributed by atoms with Crippen molar-refractivity contribution < 1.29 is 9.32 Å². The lowest BCUT2D eigenvalue weighted by atomic mass is 9.97. The van der Waals surface area contributed by atoms with Crippen molar-refractivity contribution in [3.8, 4) is 0 Å². The number of hydrogen-bond acceptors (Lipinski definition) is 3. The Morgan fingerprint density at radius 1 is 1.12 bits per heavy atom. The summed E-state index contributed by atoms with van der Waals surface area (Å²) < 4.78 is 17.7. The first-order valence-corrected chi connectivity index (χ1v) is 11.2. The zero-order chi connectivity index (χ0) is 18.6. The smallest absolute Gasteiger partial charge is 0.123 e. The van der Waals surface area contributed by atoms with Crippen molar-refractivity contribution >= 4 is 25.7 Å². The zero-order valence-corrected chi connectivity index (χ0v) is 16.8. The summed E-state index contributed by atoms with van der Waals surface area (Å²) in [6.07, 6.45) is 4.91. The molecule has 1 aliphatic carbocycles. The highest BCUT2D eigenvalue weighted by molar-refractivity contribution is 8.27. The van der Waals surface area contributed by atoms with Crippen LogP contribution in [0, 0.1) is 0 Å². The number of hydrogen-bond donors (Lipinski definition) is 2.